The molecule has 0 aliphatic carbocycles. The molecule has 0 saturated heterocycles. The maximum Gasteiger partial charge on any atom is 0.170 e. The smallest absolute Gasteiger partial charge is 0.170 e. The van der Waals surface area contributed by atoms with Crippen molar-refractivity contribution in [2.75, 3.05) is 13.3 Å². The molecule has 1 heterocycles. The highest BCUT2D eigenvalue weighted by Gasteiger charge is 2.46. The zero-order valence-electron chi connectivity index (χ0n) is 12.1. The number of nitrogens with zero attached hydrogens (tertiary/aromatic N) is 2. The van der Waals surface area contributed by atoms with E-state index in [0.29, 0.717) is 5.84 Å². The van der Waals surface area contributed by atoms with E-state index < -0.39 is 5.54 Å². The fourth-order valence-electron chi connectivity index (χ4n) is 2.72. The Morgan fingerprint density at radius 2 is 1.43 bits per heavy atom. The van der Waals surface area contributed by atoms with E-state index >= 15 is 0 Å². The number of benzene rings is 2. The van der Waals surface area contributed by atoms with Crippen LogP contribution in [-0.2, 0) is 5.54 Å². The predicted molar refractivity (Wildman–Crippen MR) is 90.1 cm³/mol. The molecule has 2 aromatic carbocycles. The summed E-state index contributed by atoms with van der Waals surface area (Å²) >= 11 is 1.57. The highest BCUT2D eigenvalue weighted by Crippen LogP contribution is 2.41. The average molecular weight is 295 g/mol. The second-order valence-corrected chi connectivity index (χ2v) is 5.72. The minimum atomic E-state index is -0.740. The number of rotatable bonds is 2. The van der Waals surface area contributed by atoms with Crippen LogP contribution >= 0.6 is 11.8 Å². The van der Waals surface area contributed by atoms with Crippen molar-refractivity contribution in [3.8, 4) is 0 Å². The van der Waals surface area contributed by atoms with E-state index in [9.17, 15) is 0 Å². The van der Waals surface area contributed by atoms with Gasteiger partial charge >= 0.3 is 0 Å². The molecule has 0 atom stereocenters. The molecule has 21 heavy (non-hydrogen) atoms. The van der Waals surface area contributed by atoms with Crippen molar-refractivity contribution < 1.29 is 0 Å². The first kappa shape index (κ1) is 13.9. The summed E-state index contributed by atoms with van der Waals surface area (Å²) < 4.78 is 0. The van der Waals surface area contributed by atoms with Crippen molar-refractivity contribution in [2.24, 2.45) is 4.99 Å². The fourth-order valence-corrected chi connectivity index (χ4v) is 3.31. The molecule has 0 saturated carbocycles. The quantitative estimate of drug-likeness (QED) is 0.920. The van der Waals surface area contributed by atoms with Crippen LogP contribution in [0.3, 0.4) is 0 Å². The number of likely N-dealkylation sites (N-methyl/N-ethyl adjacent to an activating group) is 1. The van der Waals surface area contributed by atoms with E-state index in [2.05, 4.69) is 0 Å². The third-order valence-electron chi connectivity index (χ3n) is 3.79. The van der Waals surface area contributed by atoms with Crippen molar-refractivity contribution in [3.05, 3.63) is 71.8 Å². The molecule has 0 spiro atoms. The molecule has 0 fully saturated rings. The molecule has 3 rings (SSSR count). The maximum absolute atomic E-state index is 8.67. The zero-order chi connectivity index (χ0) is 14.9. The maximum atomic E-state index is 8.67. The Morgan fingerprint density at radius 1 is 0.952 bits per heavy atom. The van der Waals surface area contributed by atoms with E-state index in [1.807, 2.05) is 78.9 Å². The van der Waals surface area contributed by atoms with Gasteiger partial charge in [-0.2, -0.15) is 0 Å². The van der Waals surface area contributed by atoms with Gasteiger partial charge in [-0.1, -0.05) is 72.4 Å². The highest BCUT2D eigenvalue weighted by molar-refractivity contribution is 8.13. The fraction of sp³-hybridized carbons (Fsp3) is 0.176. The van der Waals surface area contributed by atoms with Crippen LogP contribution < -0.4 is 0 Å². The summed E-state index contributed by atoms with van der Waals surface area (Å²) in [6.45, 7) is 0. The summed E-state index contributed by atoms with van der Waals surface area (Å²) in [5.74, 6) is 0.490. The molecule has 1 aliphatic rings. The molecule has 0 bridgehead atoms. The summed E-state index contributed by atoms with van der Waals surface area (Å²) in [5, 5.41) is 9.53. The first-order valence-electron chi connectivity index (χ1n) is 6.78. The summed E-state index contributed by atoms with van der Waals surface area (Å²) in [7, 11) is 1.91. The van der Waals surface area contributed by atoms with Gasteiger partial charge in [-0.15, -0.1) is 0 Å². The van der Waals surface area contributed by atoms with E-state index in [-0.39, 0.29) is 0 Å². The normalized spacial score (nSPS) is 17.0. The first-order chi connectivity index (χ1) is 10.2. The van der Waals surface area contributed by atoms with Crippen LogP contribution in [0.4, 0.5) is 0 Å². The van der Waals surface area contributed by atoms with E-state index in [0.717, 1.165) is 16.3 Å². The number of aliphatic imine (C=N–C) groups is 1. The lowest BCUT2D eigenvalue weighted by molar-refractivity contribution is 0.678. The Bertz CT molecular complexity index is 640. The predicted octanol–water partition coefficient (Wildman–Crippen LogP) is 3.57. The average Bonchev–Trinajstić information content (AvgIpc) is 2.82. The van der Waals surface area contributed by atoms with Gasteiger partial charge in [0, 0.05) is 7.05 Å². The van der Waals surface area contributed by atoms with Gasteiger partial charge in [-0.05, 0) is 17.4 Å². The molecule has 0 aromatic heterocycles. The summed E-state index contributed by atoms with van der Waals surface area (Å²) in [4.78, 5) is 6.79. The van der Waals surface area contributed by atoms with Crippen LogP contribution in [0.1, 0.15) is 11.1 Å². The second kappa shape index (κ2) is 5.37. The summed E-state index contributed by atoms with van der Waals surface area (Å²) in [6.07, 6.45) is 1.99. The largest absolute Gasteiger partial charge is 0.310 e. The van der Waals surface area contributed by atoms with Gasteiger partial charge in [0.25, 0.3) is 0 Å². The number of amidine groups is 2. The molecule has 0 radical (unpaired) electrons. The molecule has 0 amide bonds. The summed E-state index contributed by atoms with van der Waals surface area (Å²) in [5.41, 5.74) is 1.31. The van der Waals surface area contributed by atoms with E-state index in [1.165, 1.54) is 0 Å². The van der Waals surface area contributed by atoms with Crippen LogP contribution in [0.15, 0.2) is 65.7 Å². The van der Waals surface area contributed by atoms with Crippen molar-refractivity contribution in [1.82, 2.24) is 4.90 Å². The Hall–Kier alpha value is -2.07. The summed E-state index contributed by atoms with van der Waals surface area (Å²) in [6, 6.07) is 20.2. The lowest BCUT2D eigenvalue weighted by Gasteiger charge is -2.28. The van der Waals surface area contributed by atoms with Crippen LogP contribution in [-0.4, -0.2) is 29.2 Å². The van der Waals surface area contributed by atoms with Crippen LogP contribution in [0.25, 0.3) is 0 Å². The number of hydrogen-bond acceptors (Lipinski definition) is 3. The number of thioether (sulfide) groups is 1. The molecule has 4 heteroatoms. The minimum Gasteiger partial charge on any atom is -0.310 e. The lowest BCUT2D eigenvalue weighted by atomic mass is 9.82. The molecule has 2 aromatic rings. The van der Waals surface area contributed by atoms with Crippen molar-refractivity contribution in [3.63, 3.8) is 0 Å². The van der Waals surface area contributed by atoms with Crippen LogP contribution in [0, 0.1) is 5.41 Å². The third-order valence-corrected chi connectivity index (χ3v) is 4.52. The van der Waals surface area contributed by atoms with Gasteiger partial charge in [-0.3, -0.25) is 5.41 Å². The third kappa shape index (κ3) is 2.07. The zero-order valence-corrected chi connectivity index (χ0v) is 12.9. The van der Waals surface area contributed by atoms with Crippen molar-refractivity contribution in [2.45, 2.75) is 5.54 Å². The SMILES string of the molecule is CSC1=NC(c2ccccc2)(c2ccccc2)C(=N)N1C. The molecule has 3 nitrogen and oxygen atoms in total. The van der Waals surface area contributed by atoms with Gasteiger partial charge in [0.05, 0.1) is 0 Å². The van der Waals surface area contributed by atoms with Gasteiger partial charge in [-0.25, -0.2) is 4.99 Å². The Morgan fingerprint density at radius 3 is 1.81 bits per heavy atom. The van der Waals surface area contributed by atoms with Gasteiger partial charge in [0.2, 0.25) is 0 Å². The molecule has 1 aliphatic heterocycles. The Balaban J connectivity index is 2.28. The topological polar surface area (TPSA) is 39.5 Å². The number of nitrogens with one attached hydrogen (secondary N) is 1. The Kier molecular flexibility index (Phi) is 3.55. The van der Waals surface area contributed by atoms with Gasteiger partial charge in [0.15, 0.2) is 10.7 Å². The number of hydrogen-bond donors (Lipinski definition) is 1. The molecule has 106 valence electrons. The lowest BCUT2D eigenvalue weighted by Crippen LogP contribution is -2.38. The van der Waals surface area contributed by atoms with Crippen molar-refractivity contribution in [1.29, 1.82) is 5.41 Å². The van der Waals surface area contributed by atoms with E-state index in [1.54, 1.807) is 11.8 Å². The van der Waals surface area contributed by atoms with E-state index in [4.69, 9.17) is 10.4 Å². The monoisotopic (exact) mass is 295 g/mol. The highest BCUT2D eigenvalue weighted by atomic mass is 32.2. The Labute approximate surface area is 129 Å². The molecule has 0 unspecified atom stereocenters. The van der Waals surface area contributed by atoms with Crippen molar-refractivity contribution >= 4 is 22.8 Å². The van der Waals surface area contributed by atoms with Gasteiger partial charge in [0.1, 0.15) is 5.84 Å². The van der Waals surface area contributed by atoms with Gasteiger partial charge < -0.3 is 4.90 Å². The molecular weight excluding hydrogens is 278 g/mol. The first-order valence-corrected chi connectivity index (χ1v) is 8.00. The van der Waals surface area contributed by atoms with Crippen LogP contribution in [0.2, 0.25) is 0 Å². The van der Waals surface area contributed by atoms with Crippen LogP contribution in [0.5, 0.6) is 0 Å². The second-order valence-electron chi connectivity index (χ2n) is 4.95. The standard InChI is InChI=1S/C17H17N3S/c1-20-15(18)17(19-16(20)21-2,13-9-5-3-6-10-13)14-11-7-4-8-12-14/h3-12,18H,1-2H3. The molecular formula is C17H17N3S. The minimum absolute atomic E-state index is 0.490. The molecule has 1 N–H and O–H groups in total.